The highest BCUT2D eigenvalue weighted by atomic mass is 16.4. The van der Waals surface area contributed by atoms with Gasteiger partial charge < -0.3 is 40.2 Å². The zero-order valence-electron chi connectivity index (χ0n) is 76.1. The van der Waals surface area contributed by atoms with E-state index in [0.29, 0.717) is 0 Å². The van der Waals surface area contributed by atoms with Crippen molar-refractivity contribution in [3.8, 4) is 117 Å². The number of fused-ring (bicyclic) bond motifs is 24. The SMILES string of the molecule is c1ccc(-c2ccc3c(c2)oc2cc(-c4ccccc4-c4ccc5c(c4)oc4c6ccccc6n(-c6ccccc6)c54)ccc23)cc1.c1ccc(-c2ccc3oc4c(-c5ccccc5-c5ccc6c(c5)oc5c7ccccc7n(-c7ccccc7)c65)cccc4c3c2)cc1.c1ccc(-c2cccc3c2oc2c(-c4ccccc4-c4ccc5c(c4)oc4c6ccccc6n(-c6ccccc6)c54)cccc23)cc1. The minimum atomic E-state index is 0.868. The van der Waals surface area contributed by atoms with Crippen LogP contribution >= 0.6 is 0 Å². The van der Waals surface area contributed by atoms with E-state index in [1.165, 1.54) is 16.7 Å². The monoisotopic (exact) mass is 1800 g/mol. The molecule has 9 nitrogen and oxygen atoms in total. The van der Waals surface area contributed by atoms with Crippen molar-refractivity contribution < 1.29 is 26.5 Å². The Morgan fingerprint density at radius 3 is 0.787 bits per heavy atom. The minimum Gasteiger partial charge on any atom is -0.456 e. The summed E-state index contributed by atoms with van der Waals surface area (Å²) in [4.78, 5) is 0. The lowest BCUT2D eigenvalue weighted by molar-refractivity contribution is 0.669. The number of aromatic nitrogens is 3. The fourth-order valence-electron chi connectivity index (χ4n) is 21.8. The van der Waals surface area contributed by atoms with Crippen molar-refractivity contribution in [3.63, 3.8) is 0 Å². The summed E-state index contributed by atoms with van der Waals surface area (Å²) >= 11 is 0. The standard InChI is InChI=1S/3C44H27NO2/c1-3-13-28(14-4-1)32-20-11-22-35-36-23-12-21-34(43(36)47-42(32)35)33-18-8-7-17-31(33)29-25-26-38-40(27-29)46-44-37-19-9-10-24-39(37)45(41(38)44)30-15-5-2-6-16-30;1-3-12-28(13-4-1)29-23-25-40-38(26-29)35-20-11-19-34(43(35)46-40)33-17-8-7-16-32(33)30-22-24-37-41(27-30)47-44-36-18-9-10-21-39(36)45(42(37)44)31-14-5-2-6-15-31;1-3-11-28(12-4-1)29-19-22-35-36-23-20-30(26-41(36)46-40(35)25-29)33-15-7-8-16-34(33)31-21-24-38-42(27-31)47-44-37-17-9-10-18-39(37)45(43(38)44)32-13-5-2-6-14-32/h3*1-27H. The molecule has 0 aliphatic carbocycles. The molecule has 0 amide bonds. The van der Waals surface area contributed by atoms with Gasteiger partial charge in [-0.3, -0.25) is 0 Å². The molecule has 0 atom stereocenters. The van der Waals surface area contributed by atoms with E-state index < -0.39 is 0 Å². The smallest absolute Gasteiger partial charge is 0.161 e. The zero-order chi connectivity index (χ0) is 92.7. The summed E-state index contributed by atoms with van der Waals surface area (Å²) in [6.07, 6.45) is 0. The molecule has 0 unspecified atom stereocenters. The van der Waals surface area contributed by atoms with Crippen molar-refractivity contribution >= 4 is 165 Å². The molecular weight excluding hydrogens is 1720 g/mol. The molecule has 21 aromatic carbocycles. The molecule has 0 spiro atoms. The summed E-state index contributed by atoms with van der Waals surface area (Å²) < 4.78 is 46.9. The maximum absolute atomic E-state index is 6.79. The van der Waals surface area contributed by atoms with Gasteiger partial charge in [-0.25, -0.2) is 0 Å². The number of benzene rings is 21. The molecule has 30 aromatic rings. The molecule has 9 aromatic heterocycles. The van der Waals surface area contributed by atoms with Crippen molar-refractivity contribution in [2.45, 2.75) is 0 Å². The number of furan rings is 6. The largest absolute Gasteiger partial charge is 0.456 e. The van der Waals surface area contributed by atoms with Gasteiger partial charge in [-0.1, -0.05) is 346 Å². The maximum Gasteiger partial charge on any atom is 0.161 e. The lowest BCUT2D eigenvalue weighted by Gasteiger charge is -2.11. The lowest BCUT2D eigenvalue weighted by atomic mass is 9.93. The van der Waals surface area contributed by atoms with Crippen LogP contribution in [0, 0.1) is 0 Å². The number of nitrogens with zero attached hydrogens (tertiary/aromatic N) is 3. The van der Waals surface area contributed by atoms with E-state index in [4.69, 9.17) is 26.5 Å². The summed E-state index contributed by atoms with van der Waals surface area (Å²) in [7, 11) is 0. The molecule has 660 valence electrons. The number of hydrogen-bond acceptors (Lipinski definition) is 6. The second-order valence-corrected chi connectivity index (χ2v) is 36.3. The van der Waals surface area contributed by atoms with Gasteiger partial charge in [0.15, 0.2) is 16.7 Å². The first kappa shape index (κ1) is 80.5. The molecule has 9 heterocycles. The van der Waals surface area contributed by atoms with Crippen molar-refractivity contribution in [2.75, 3.05) is 0 Å². The van der Waals surface area contributed by atoms with Gasteiger partial charge in [0.1, 0.15) is 66.8 Å². The number of para-hydroxylation sites is 9. The first-order valence-electron chi connectivity index (χ1n) is 47.8. The Morgan fingerprint density at radius 2 is 0.383 bits per heavy atom. The predicted molar refractivity (Wildman–Crippen MR) is 582 cm³/mol. The molecule has 30 rings (SSSR count). The normalized spacial score (nSPS) is 11.8. The van der Waals surface area contributed by atoms with Gasteiger partial charge in [0.25, 0.3) is 0 Å². The molecule has 0 bridgehead atoms. The van der Waals surface area contributed by atoms with E-state index in [1.807, 2.05) is 18.2 Å². The molecule has 0 aliphatic rings. The van der Waals surface area contributed by atoms with Crippen molar-refractivity contribution in [1.82, 2.24) is 13.7 Å². The third kappa shape index (κ3) is 13.3. The van der Waals surface area contributed by atoms with Crippen LogP contribution in [0.25, 0.3) is 282 Å². The van der Waals surface area contributed by atoms with Gasteiger partial charge in [-0.15, -0.1) is 0 Å². The Labute approximate surface area is 807 Å². The van der Waals surface area contributed by atoms with Crippen LogP contribution in [0.5, 0.6) is 0 Å². The summed E-state index contributed by atoms with van der Waals surface area (Å²) in [5.74, 6) is 0. The fourth-order valence-corrected chi connectivity index (χ4v) is 21.8. The first-order chi connectivity index (χ1) is 69.9. The maximum atomic E-state index is 6.79. The second kappa shape index (κ2) is 33.0. The third-order valence-electron chi connectivity index (χ3n) is 28.3. The van der Waals surface area contributed by atoms with E-state index in [-0.39, 0.29) is 0 Å². The molecule has 0 fully saturated rings. The third-order valence-corrected chi connectivity index (χ3v) is 28.3. The molecule has 0 N–H and O–H groups in total. The number of hydrogen-bond donors (Lipinski definition) is 0. The van der Waals surface area contributed by atoms with Crippen LogP contribution in [0.4, 0.5) is 0 Å². The Balaban J connectivity index is 0.000000104. The van der Waals surface area contributed by atoms with E-state index >= 15 is 0 Å². The lowest BCUT2D eigenvalue weighted by Crippen LogP contribution is -1.92. The Bertz CT molecular complexity index is 10200. The van der Waals surface area contributed by atoms with E-state index in [2.05, 4.69) is 487 Å². The van der Waals surface area contributed by atoms with Gasteiger partial charge in [0, 0.05) is 98.4 Å². The van der Waals surface area contributed by atoms with Gasteiger partial charge in [-0.2, -0.15) is 0 Å². The van der Waals surface area contributed by atoms with Gasteiger partial charge in [0.05, 0.1) is 16.6 Å². The topological polar surface area (TPSA) is 93.6 Å². The molecule has 0 saturated carbocycles. The van der Waals surface area contributed by atoms with Crippen molar-refractivity contribution in [1.29, 1.82) is 0 Å². The average Bonchev–Trinajstić information content (AvgIpc) is 1.57. The van der Waals surface area contributed by atoms with Crippen LogP contribution in [-0.2, 0) is 0 Å². The van der Waals surface area contributed by atoms with Gasteiger partial charge in [-0.05, 0) is 229 Å². The average molecular weight is 1810 g/mol. The summed E-state index contributed by atoms with van der Waals surface area (Å²) in [5, 5.41) is 13.3. The van der Waals surface area contributed by atoms with Crippen LogP contribution < -0.4 is 0 Å². The quantitative estimate of drug-likeness (QED) is 0.121. The van der Waals surface area contributed by atoms with Crippen LogP contribution in [0.3, 0.4) is 0 Å². The zero-order valence-corrected chi connectivity index (χ0v) is 76.1. The second-order valence-electron chi connectivity index (χ2n) is 36.3. The van der Waals surface area contributed by atoms with E-state index in [9.17, 15) is 0 Å². The van der Waals surface area contributed by atoms with E-state index in [1.54, 1.807) is 0 Å². The highest BCUT2D eigenvalue weighted by Crippen LogP contribution is 2.50. The molecule has 0 aliphatic heterocycles. The van der Waals surface area contributed by atoms with Crippen molar-refractivity contribution in [2.24, 2.45) is 0 Å². The Kier molecular flexibility index (Phi) is 18.8. The Morgan fingerprint density at radius 1 is 0.121 bits per heavy atom. The molecule has 141 heavy (non-hydrogen) atoms. The summed E-state index contributed by atoms with van der Waals surface area (Å²) in [5.41, 5.74) is 41.0. The van der Waals surface area contributed by atoms with Crippen LogP contribution in [-0.4, -0.2) is 13.7 Å². The summed E-state index contributed by atoms with van der Waals surface area (Å²) in [6.45, 7) is 0. The number of rotatable bonds is 12. The minimum absolute atomic E-state index is 0.868. The predicted octanol–water partition coefficient (Wildman–Crippen LogP) is 37.3. The molecule has 9 heteroatoms. The van der Waals surface area contributed by atoms with E-state index in [0.717, 1.165) is 265 Å². The van der Waals surface area contributed by atoms with Crippen LogP contribution in [0.2, 0.25) is 0 Å². The van der Waals surface area contributed by atoms with Crippen LogP contribution in [0.1, 0.15) is 0 Å². The van der Waals surface area contributed by atoms with Gasteiger partial charge >= 0.3 is 0 Å². The van der Waals surface area contributed by atoms with Crippen molar-refractivity contribution in [3.05, 3.63) is 491 Å². The highest BCUT2D eigenvalue weighted by Gasteiger charge is 2.28. The van der Waals surface area contributed by atoms with Crippen LogP contribution in [0.15, 0.2) is 518 Å². The summed E-state index contributed by atoms with van der Waals surface area (Å²) in [6, 6.07) is 173. The molecular formula is C132H81N3O6. The van der Waals surface area contributed by atoms with Gasteiger partial charge in [0.2, 0.25) is 0 Å². The molecule has 0 radical (unpaired) electrons. The fraction of sp³-hybridized carbons (Fsp3) is 0. The highest BCUT2D eigenvalue weighted by molar-refractivity contribution is 6.22. The molecule has 0 saturated heterocycles. The Hall–Kier alpha value is -19.0. The first-order valence-corrected chi connectivity index (χ1v) is 47.8.